The molecule has 4 rings (SSSR count). The molecule has 2 heterocycles. The zero-order valence-corrected chi connectivity index (χ0v) is 15.1. The molecule has 4 heteroatoms. The third kappa shape index (κ3) is 2.62. The van der Waals surface area contributed by atoms with Crippen LogP contribution in [0.15, 0.2) is 48.5 Å². The smallest absolute Gasteiger partial charge is 0.121 e. The number of hydrogen-bond donors (Lipinski definition) is 0. The number of nitrogens with zero attached hydrogens (tertiary/aromatic N) is 4. The number of benzene rings is 2. The molecular formula is C21H24N4. The molecule has 1 aliphatic heterocycles. The molecule has 1 unspecified atom stereocenters. The molecule has 0 spiro atoms. The van der Waals surface area contributed by atoms with Crippen molar-refractivity contribution in [3.8, 4) is 22.5 Å². The molecule has 1 aliphatic rings. The third-order valence-electron chi connectivity index (χ3n) is 5.07. The highest BCUT2D eigenvalue weighted by Gasteiger charge is 2.26. The van der Waals surface area contributed by atoms with E-state index in [2.05, 4.69) is 89.3 Å². The van der Waals surface area contributed by atoms with Gasteiger partial charge in [-0.3, -0.25) is 0 Å². The number of para-hydroxylation sites is 1. The molecule has 128 valence electrons. The summed E-state index contributed by atoms with van der Waals surface area (Å²) in [5, 5.41) is 9.19. The van der Waals surface area contributed by atoms with Gasteiger partial charge < -0.3 is 4.90 Å². The fraction of sp³-hybridized carbons (Fsp3) is 0.333. The van der Waals surface area contributed by atoms with Crippen LogP contribution in [0, 0.1) is 0 Å². The lowest BCUT2D eigenvalue weighted by atomic mass is 9.95. The largest absolute Gasteiger partial charge is 0.370 e. The summed E-state index contributed by atoms with van der Waals surface area (Å²) in [5.74, 6) is 0. The lowest BCUT2D eigenvalue weighted by Crippen LogP contribution is -2.20. The van der Waals surface area contributed by atoms with Crippen LogP contribution in [0.4, 0.5) is 5.69 Å². The van der Waals surface area contributed by atoms with Crippen LogP contribution in [0.1, 0.15) is 38.3 Å². The van der Waals surface area contributed by atoms with Crippen LogP contribution in [0.5, 0.6) is 0 Å². The van der Waals surface area contributed by atoms with Crippen molar-refractivity contribution in [2.24, 2.45) is 0 Å². The van der Waals surface area contributed by atoms with Crippen molar-refractivity contribution < 1.29 is 0 Å². The first-order chi connectivity index (χ1) is 12.2. The van der Waals surface area contributed by atoms with E-state index in [1.165, 1.54) is 22.4 Å². The molecule has 0 amide bonds. The number of anilines is 1. The van der Waals surface area contributed by atoms with E-state index in [-0.39, 0.29) is 0 Å². The SMILES string of the molecule is CCCC(C)n1nnc2c1-c1ccccc1N(C)Cc1ccccc1-2. The second-order valence-electron chi connectivity index (χ2n) is 6.90. The standard InChI is InChI=1S/C21H24N4/c1-4-9-15(2)25-21-18-12-7-8-13-19(18)24(3)14-16-10-5-6-11-17(16)20(21)22-23-25/h5-8,10-13,15H,4,9,14H2,1-3H3. The van der Waals surface area contributed by atoms with Crippen molar-refractivity contribution in [3.63, 3.8) is 0 Å². The van der Waals surface area contributed by atoms with Crippen molar-refractivity contribution in [3.05, 3.63) is 54.1 Å². The van der Waals surface area contributed by atoms with Crippen molar-refractivity contribution in [1.82, 2.24) is 15.0 Å². The van der Waals surface area contributed by atoms with Crippen LogP contribution < -0.4 is 4.90 Å². The lowest BCUT2D eigenvalue weighted by molar-refractivity contribution is 0.447. The van der Waals surface area contributed by atoms with Gasteiger partial charge in [-0.2, -0.15) is 0 Å². The average Bonchev–Trinajstić information content (AvgIpc) is 3.06. The summed E-state index contributed by atoms with van der Waals surface area (Å²) in [6.07, 6.45) is 2.23. The molecular weight excluding hydrogens is 308 g/mol. The highest BCUT2D eigenvalue weighted by molar-refractivity contribution is 5.88. The summed E-state index contributed by atoms with van der Waals surface area (Å²) >= 11 is 0. The summed E-state index contributed by atoms with van der Waals surface area (Å²) in [7, 11) is 2.16. The zero-order valence-electron chi connectivity index (χ0n) is 15.1. The van der Waals surface area contributed by atoms with Gasteiger partial charge in [0.1, 0.15) is 5.69 Å². The van der Waals surface area contributed by atoms with E-state index in [0.29, 0.717) is 6.04 Å². The van der Waals surface area contributed by atoms with Crippen LogP contribution in [0.2, 0.25) is 0 Å². The highest BCUT2D eigenvalue weighted by Crippen LogP contribution is 2.41. The Morgan fingerprint density at radius 3 is 2.56 bits per heavy atom. The van der Waals surface area contributed by atoms with Gasteiger partial charge >= 0.3 is 0 Å². The Morgan fingerprint density at radius 2 is 1.76 bits per heavy atom. The second-order valence-corrected chi connectivity index (χ2v) is 6.90. The summed E-state index contributed by atoms with van der Waals surface area (Å²) in [6, 6.07) is 17.5. The maximum Gasteiger partial charge on any atom is 0.121 e. The summed E-state index contributed by atoms with van der Waals surface area (Å²) in [6.45, 7) is 5.31. The maximum atomic E-state index is 4.62. The third-order valence-corrected chi connectivity index (χ3v) is 5.07. The monoisotopic (exact) mass is 332 g/mol. The second kappa shape index (κ2) is 6.36. The number of hydrogen-bond acceptors (Lipinski definition) is 3. The highest BCUT2D eigenvalue weighted by atomic mass is 15.4. The Kier molecular flexibility index (Phi) is 4.04. The molecule has 0 bridgehead atoms. The first-order valence-electron chi connectivity index (χ1n) is 9.04. The van der Waals surface area contributed by atoms with Gasteiger partial charge in [0.05, 0.1) is 11.7 Å². The number of fused-ring (bicyclic) bond motifs is 5. The van der Waals surface area contributed by atoms with E-state index in [1.807, 2.05) is 0 Å². The molecule has 0 saturated heterocycles. The molecule has 0 aliphatic carbocycles. The molecule has 0 fully saturated rings. The normalized spacial score (nSPS) is 14.1. The van der Waals surface area contributed by atoms with E-state index >= 15 is 0 Å². The van der Waals surface area contributed by atoms with Gasteiger partial charge in [-0.25, -0.2) is 4.68 Å². The predicted octanol–water partition coefficient (Wildman–Crippen LogP) is 4.92. The van der Waals surface area contributed by atoms with Crippen molar-refractivity contribution in [2.45, 2.75) is 39.3 Å². The summed E-state index contributed by atoms with van der Waals surface area (Å²) in [5.41, 5.74) is 7.05. The number of aromatic nitrogens is 3. The van der Waals surface area contributed by atoms with Crippen LogP contribution >= 0.6 is 0 Å². The van der Waals surface area contributed by atoms with Gasteiger partial charge in [-0.15, -0.1) is 5.10 Å². The molecule has 1 atom stereocenters. The average molecular weight is 332 g/mol. The first-order valence-corrected chi connectivity index (χ1v) is 9.04. The molecule has 0 radical (unpaired) electrons. The van der Waals surface area contributed by atoms with Crippen molar-refractivity contribution in [1.29, 1.82) is 0 Å². The Balaban J connectivity index is 2.03. The predicted molar refractivity (Wildman–Crippen MR) is 103 cm³/mol. The van der Waals surface area contributed by atoms with Crippen LogP contribution in [-0.2, 0) is 6.54 Å². The van der Waals surface area contributed by atoms with Crippen LogP contribution in [0.25, 0.3) is 22.5 Å². The van der Waals surface area contributed by atoms with Gasteiger partial charge in [0, 0.05) is 30.4 Å². The maximum absolute atomic E-state index is 4.62. The van der Waals surface area contributed by atoms with Crippen LogP contribution in [0.3, 0.4) is 0 Å². The van der Waals surface area contributed by atoms with Gasteiger partial charge in [0.25, 0.3) is 0 Å². The Hall–Kier alpha value is -2.62. The summed E-state index contributed by atoms with van der Waals surface area (Å²) < 4.78 is 2.12. The molecule has 25 heavy (non-hydrogen) atoms. The molecule has 3 aromatic rings. The lowest BCUT2D eigenvalue weighted by Gasteiger charge is -2.27. The minimum absolute atomic E-state index is 0.325. The van der Waals surface area contributed by atoms with Crippen molar-refractivity contribution >= 4 is 5.69 Å². The zero-order chi connectivity index (χ0) is 17.4. The molecule has 4 nitrogen and oxygen atoms in total. The summed E-state index contributed by atoms with van der Waals surface area (Å²) in [4.78, 5) is 2.32. The molecule has 0 saturated carbocycles. The van der Waals surface area contributed by atoms with Crippen LogP contribution in [-0.4, -0.2) is 22.0 Å². The topological polar surface area (TPSA) is 34.0 Å². The Labute approximate surface area is 149 Å². The quantitative estimate of drug-likeness (QED) is 0.682. The van der Waals surface area contributed by atoms with Gasteiger partial charge in [0.15, 0.2) is 0 Å². The molecule has 1 aromatic heterocycles. The number of rotatable bonds is 3. The fourth-order valence-electron chi connectivity index (χ4n) is 3.81. The Bertz CT molecular complexity index is 896. The Morgan fingerprint density at radius 1 is 1.04 bits per heavy atom. The minimum Gasteiger partial charge on any atom is -0.370 e. The van der Waals surface area contributed by atoms with Crippen molar-refractivity contribution in [2.75, 3.05) is 11.9 Å². The van der Waals surface area contributed by atoms with E-state index in [4.69, 9.17) is 0 Å². The van der Waals surface area contributed by atoms with Gasteiger partial charge in [-0.1, -0.05) is 61.0 Å². The van der Waals surface area contributed by atoms with E-state index in [1.54, 1.807) is 0 Å². The van der Waals surface area contributed by atoms with E-state index in [9.17, 15) is 0 Å². The van der Waals surface area contributed by atoms with Gasteiger partial charge in [-0.05, 0) is 25.0 Å². The minimum atomic E-state index is 0.325. The molecule has 2 aromatic carbocycles. The van der Waals surface area contributed by atoms with E-state index in [0.717, 1.165) is 30.8 Å². The first kappa shape index (κ1) is 15.9. The van der Waals surface area contributed by atoms with Gasteiger partial charge in [0.2, 0.25) is 0 Å². The molecule has 0 N–H and O–H groups in total. The fourth-order valence-corrected chi connectivity index (χ4v) is 3.81. The van der Waals surface area contributed by atoms with E-state index < -0.39 is 0 Å².